The van der Waals surface area contributed by atoms with Crippen LogP contribution < -0.4 is 5.32 Å². The lowest BCUT2D eigenvalue weighted by molar-refractivity contribution is -0.143. The minimum atomic E-state index is -0.150. The molecule has 0 radical (unpaired) electrons. The van der Waals surface area contributed by atoms with Gasteiger partial charge in [-0.3, -0.25) is 9.69 Å². The SMILES string of the molecule is CCN(CC(NC1CC1)C(=O)OC)C1CCCC1. The first-order chi connectivity index (χ1) is 8.74. The Morgan fingerprint density at radius 3 is 2.50 bits per heavy atom. The Morgan fingerprint density at radius 2 is 2.00 bits per heavy atom. The van der Waals surface area contributed by atoms with E-state index in [1.807, 2.05) is 0 Å². The zero-order valence-electron chi connectivity index (χ0n) is 11.7. The van der Waals surface area contributed by atoms with E-state index in [9.17, 15) is 4.79 Å². The topological polar surface area (TPSA) is 41.6 Å². The van der Waals surface area contributed by atoms with Crippen LogP contribution in [0.4, 0.5) is 0 Å². The highest BCUT2D eigenvalue weighted by atomic mass is 16.5. The number of nitrogens with zero attached hydrogens (tertiary/aromatic N) is 1. The first kappa shape index (κ1) is 13.8. The number of carbonyl (C=O) groups excluding carboxylic acids is 1. The molecular formula is C14H26N2O2. The van der Waals surface area contributed by atoms with Crippen LogP contribution in [0.15, 0.2) is 0 Å². The van der Waals surface area contributed by atoms with Crippen LogP contribution in [-0.4, -0.2) is 49.2 Å². The molecule has 1 N–H and O–H groups in total. The maximum Gasteiger partial charge on any atom is 0.324 e. The molecule has 0 amide bonds. The van der Waals surface area contributed by atoms with E-state index < -0.39 is 0 Å². The highest BCUT2D eigenvalue weighted by molar-refractivity contribution is 5.76. The summed E-state index contributed by atoms with van der Waals surface area (Å²) in [4.78, 5) is 14.3. The van der Waals surface area contributed by atoms with Crippen molar-refractivity contribution < 1.29 is 9.53 Å². The third-order valence-electron chi connectivity index (χ3n) is 4.16. The third kappa shape index (κ3) is 3.69. The number of likely N-dealkylation sites (N-methyl/N-ethyl adjacent to an activating group) is 1. The van der Waals surface area contributed by atoms with Crippen molar-refractivity contribution in [1.82, 2.24) is 10.2 Å². The number of methoxy groups -OCH3 is 1. The Morgan fingerprint density at radius 1 is 1.33 bits per heavy atom. The fourth-order valence-electron chi connectivity index (χ4n) is 2.91. The summed E-state index contributed by atoms with van der Waals surface area (Å²) in [5.41, 5.74) is 0. The number of rotatable bonds is 7. The van der Waals surface area contributed by atoms with Gasteiger partial charge in [0.25, 0.3) is 0 Å². The number of hydrogen-bond acceptors (Lipinski definition) is 4. The van der Waals surface area contributed by atoms with Crippen molar-refractivity contribution in [3.8, 4) is 0 Å². The smallest absolute Gasteiger partial charge is 0.324 e. The largest absolute Gasteiger partial charge is 0.468 e. The molecule has 0 spiro atoms. The van der Waals surface area contributed by atoms with Gasteiger partial charge in [-0.2, -0.15) is 0 Å². The van der Waals surface area contributed by atoms with E-state index >= 15 is 0 Å². The van der Waals surface area contributed by atoms with Gasteiger partial charge in [-0.15, -0.1) is 0 Å². The van der Waals surface area contributed by atoms with E-state index in [0.29, 0.717) is 12.1 Å². The van der Waals surface area contributed by atoms with Gasteiger partial charge in [-0.25, -0.2) is 0 Å². The van der Waals surface area contributed by atoms with Crippen molar-refractivity contribution >= 4 is 5.97 Å². The van der Waals surface area contributed by atoms with Gasteiger partial charge in [0.2, 0.25) is 0 Å². The summed E-state index contributed by atoms with van der Waals surface area (Å²) in [5, 5.41) is 3.41. The molecule has 2 aliphatic carbocycles. The highest BCUT2D eigenvalue weighted by Gasteiger charge is 2.32. The lowest BCUT2D eigenvalue weighted by atomic mass is 10.1. The van der Waals surface area contributed by atoms with Crippen molar-refractivity contribution in [2.24, 2.45) is 0 Å². The van der Waals surface area contributed by atoms with E-state index in [1.54, 1.807) is 0 Å². The molecule has 2 fully saturated rings. The van der Waals surface area contributed by atoms with Crippen LogP contribution in [0.5, 0.6) is 0 Å². The molecule has 0 aliphatic heterocycles. The van der Waals surface area contributed by atoms with Gasteiger partial charge < -0.3 is 10.1 Å². The second-order valence-electron chi connectivity index (χ2n) is 5.54. The highest BCUT2D eigenvalue weighted by Crippen LogP contribution is 2.24. The van der Waals surface area contributed by atoms with Crippen molar-refractivity contribution in [2.45, 2.75) is 63.6 Å². The summed E-state index contributed by atoms with van der Waals surface area (Å²) in [6.45, 7) is 4.00. The zero-order chi connectivity index (χ0) is 13.0. The maximum absolute atomic E-state index is 11.8. The van der Waals surface area contributed by atoms with Gasteiger partial charge >= 0.3 is 5.97 Å². The Balaban J connectivity index is 1.89. The lowest BCUT2D eigenvalue weighted by Crippen LogP contribution is -2.49. The summed E-state index contributed by atoms with van der Waals surface area (Å²) in [7, 11) is 1.48. The zero-order valence-corrected chi connectivity index (χ0v) is 11.7. The number of carbonyl (C=O) groups is 1. The van der Waals surface area contributed by atoms with E-state index in [1.165, 1.54) is 45.6 Å². The first-order valence-corrected chi connectivity index (χ1v) is 7.32. The summed E-state index contributed by atoms with van der Waals surface area (Å²) < 4.78 is 4.92. The summed E-state index contributed by atoms with van der Waals surface area (Å²) in [6.07, 6.45) is 7.63. The van der Waals surface area contributed by atoms with Gasteiger partial charge in [0.1, 0.15) is 6.04 Å². The molecule has 0 aromatic rings. The van der Waals surface area contributed by atoms with Crippen molar-refractivity contribution in [3.05, 3.63) is 0 Å². The van der Waals surface area contributed by atoms with Crippen LogP contribution in [0, 0.1) is 0 Å². The first-order valence-electron chi connectivity index (χ1n) is 7.32. The lowest BCUT2D eigenvalue weighted by Gasteiger charge is -2.30. The Bertz CT molecular complexity index is 273. The van der Waals surface area contributed by atoms with Crippen molar-refractivity contribution in [3.63, 3.8) is 0 Å². The van der Waals surface area contributed by atoms with Gasteiger partial charge in [-0.05, 0) is 32.2 Å². The second kappa shape index (κ2) is 6.53. The predicted molar refractivity (Wildman–Crippen MR) is 71.5 cm³/mol. The van der Waals surface area contributed by atoms with Crippen molar-refractivity contribution in [1.29, 1.82) is 0 Å². The number of nitrogens with one attached hydrogen (secondary N) is 1. The Labute approximate surface area is 110 Å². The summed E-state index contributed by atoms with van der Waals surface area (Å²) in [5.74, 6) is -0.113. The van der Waals surface area contributed by atoms with E-state index in [2.05, 4.69) is 17.1 Å². The fourth-order valence-corrected chi connectivity index (χ4v) is 2.91. The van der Waals surface area contributed by atoms with Crippen LogP contribution >= 0.6 is 0 Å². The normalized spacial score (nSPS) is 22.4. The molecule has 104 valence electrons. The third-order valence-corrected chi connectivity index (χ3v) is 4.16. The van der Waals surface area contributed by atoms with Crippen LogP contribution in [0.2, 0.25) is 0 Å². The van der Waals surface area contributed by atoms with Gasteiger partial charge in [0, 0.05) is 18.6 Å². The molecule has 1 unspecified atom stereocenters. The van der Waals surface area contributed by atoms with Gasteiger partial charge in [-0.1, -0.05) is 19.8 Å². The molecule has 2 aliphatic rings. The molecule has 2 saturated carbocycles. The molecule has 1 atom stereocenters. The minimum absolute atomic E-state index is 0.113. The molecule has 4 heteroatoms. The molecule has 18 heavy (non-hydrogen) atoms. The quantitative estimate of drug-likeness (QED) is 0.700. The number of ether oxygens (including phenoxy) is 1. The van der Waals surface area contributed by atoms with E-state index in [0.717, 1.165) is 13.1 Å². The minimum Gasteiger partial charge on any atom is -0.468 e. The average molecular weight is 254 g/mol. The molecule has 4 nitrogen and oxygen atoms in total. The predicted octanol–water partition coefficient (Wildman–Crippen LogP) is 1.54. The monoisotopic (exact) mass is 254 g/mol. The fraction of sp³-hybridized carbons (Fsp3) is 0.929. The maximum atomic E-state index is 11.8. The molecule has 2 rings (SSSR count). The van der Waals surface area contributed by atoms with E-state index in [4.69, 9.17) is 4.74 Å². The van der Waals surface area contributed by atoms with Crippen LogP contribution in [0.25, 0.3) is 0 Å². The Kier molecular flexibility index (Phi) is 5.01. The summed E-state index contributed by atoms with van der Waals surface area (Å²) >= 11 is 0. The average Bonchev–Trinajstić information content (AvgIpc) is 3.04. The molecular weight excluding hydrogens is 228 g/mol. The van der Waals surface area contributed by atoms with Crippen LogP contribution in [0.3, 0.4) is 0 Å². The van der Waals surface area contributed by atoms with Crippen LogP contribution in [0.1, 0.15) is 45.4 Å². The molecule has 0 bridgehead atoms. The van der Waals surface area contributed by atoms with Gasteiger partial charge in [0.05, 0.1) is 7.11 Å². The van der Waals surface area contributed by atoms with Crippen molar-refractivity contribution in [2.75, 3.05) is 20.2 Å². The number of hydrogen-bond donors (Lipinski definition) is 1. The molecule has 0 saturated heterocycles. The molecule has 0 aromatic heterocycles. The molecule has 0 heterocycles. The summed E-state index contributed by atoms with van der Waals surface area (Å²) in [6, 6.07) is 1.06. The number of esters is 1. The Hall–Kier alpha value is -0.610. The van der Waals surface area contributed by atoms with E-state index in [-0.39, 0.29) is 12.0 Å². The standard InChI is InChI=1S/C14H26N2O2/c1-3-16(12-6-4-5-7-12)10-13(14(17)18-2)15-11-8-9-11/h11-13,15H,3-10H2,1-2H3. The van der Waals surface area contributed by atoms with Crippen LogP contribution in [-0.2, 0) is 9.53 Å². The molecule has 0 aromatic carbocycles. The van der Waals surface area contributed by atoms with Gasteiger partial charge in [0.15, 0.2) is 0 Å². The second-order valence-corrected chi connectivity index (χ2v) is 5.54.